The average Bonchev–Trinajstić information content (AvgIpc) is 2.74. The van der Waals surface area contributed by atoms with Crippen LogP contribution in [0.5, 0.6) is 0 Å². The molecular formula is C23H30N2O3S2. The summed E-state index contributed by atoms with van der Waals surface area (Å²) < 4.78 is 28.2. The average molecular weight is 447 g/mol. The molecule has 5 nitrogen and oxygen atoms in total. The Morgan fingerprint density at radius 3 is 2.50 bits per heavy atom. The van der Waals surface area contributed by atoms with Crippen molar-refractivity contribution in [2.24, 2.45) is 0 Å². The molecular weight excluding hydrogens is 416 g/mol. The lowest BCUT2D eigenvalue weighted by Gasteiger charge is -2.37. The largest absolute Gasteiger partial charge is 0.348 e. The van der Waals surface area contributed by atoms with Crippen LogP contribution in [0.25, 0.3) is 0 Å². The van der Waals surface area contributed by atoms with Crippen LogP contribution in [0.15, 0.2) is 59.5 Å². The maximum Gasteiger partial charge on any atom is 0.241 e. The normalized spacial score (nSPS) is 19.0. The lowest BCUT2D eigenvalue weighted by atomic mass is 9.71. The maximum atomic E-state index is 13.2. The third-order valence-electron chi connectivity index (χ3n) is 5.72. The Labute approximate surface area is 184 Å². The van der Waals surface area contributed by atoms with Crippen LogP contribution in [-0.2, 0) is 20.2 Å². The summed E-state index contributed by atoms with van der Waals surface area (Å²) in [6, 6.07) is 15.4. The molecule has 2 N–H and O–H groups in total. The van der Waals surface area contributed by atoms with Crippen molar-refractivity contribution in [3.8, 4) is 0 Å². The SMILES string of the molecule is CSCCC(NS(=O)(=O)c1ccccc1)C(=O)NC1CCC(C)(C)c2ccccc21. The molecule has 7 heteroatoms. The van der Waals surface area contributed by atoms with Crippen LogP contribution in [0.4, 0.5) is 0 Å². The molecule has 30 heavy (non-hydrogen) atoms. The van der Waals surface area contributed by atoms with E-state index in [-0.39, 0.29) is 22.3 Å². The first-order valence-electron chi connectivity index (χ1n) is 10.2. The Balaban J connectivity index is 1.79. The molecule has 3 rings (SSSR count). The molecule has 0 saturated heterocycles. The van der Waals surface area contributed by atoms with E-state index in [1.54, 1.807) is 30.0 Å². The van der Waals surface area contributed by atoms with E-state index >= 15 is 0 Å². The zero-order chi connectivity index (χ0) is 21.8. The fraction of sp³-hybridized carbons (Fsp3) is 0.435. The van der Waals surface area contributed by atoms with E-state index < -0.39 is 16.1 Å². The summed E-state index contributed by atoms with van der Waals surface area (Å²) in [5, 5.41) is 3.12. The summed E-state index contributed by atoms with van der Waals surface area (Å²) in [7, 11) is -3.77. The molecule has 162 valence electrons. The molecule has 0 radical (unpaired) electrons. The zero-order valence-corrected chi connectivity index (χ0v) is 19.4. The van der Waals surface area contributed by atoms with E-state index in [2.05, 4.69) is 36.0 Å². The minimum absolute atomic E-state index is 0.0605. The summed E-state index contributed by atoms with van der Waals surface area (Å²) in [5.41, 5.74) is 2.43. The highest BCUT2D eigenvalue weighted by Crippen LogP contribution is 2.41. The minimum atomic E-state index is -3.77. The number of hydrogen-bond donors (Lipinski definition) is 2. The van der Waals surface area contributed by atoms with Crippen LogP contribution in [-0.4, -0.2) is 32.4 Å². The highest BCUT2D eigenvalue weighted by atomic mass is 32.2. The van der Waals surface area contributed by atoms with Gasteiger partial charge in [-0.1, -0.05) is 56.3 Å². The summed E-state index contributed by atoms with van der Waals surface area (Å²) >= 11 is 1.59. The number of hydrogen-bond acceptors (Lipinski definition) is 4. The lowest BCUT2D eigenvalue weighted by Crippen LogP contribution is -2.48. The van der Waals surface area contributed by atoms with Gasteiger partial charge in [0.2, 0.25) is 15.9 Å². The van der Waals surface area contributed by atoms with Gasteiger partial charge in [-0.25, -0.2) is 8.42 Å². The number of sulfonamides is 1. The van der Waals surface area contributed by atoms with Gasteiger partial charge in [0.15, 0.2) is 0 Å². The fourth-order valence-corrected chi connectivity index (χ4v) is 5.69. The minimum Gasteiger partial charge on any atom is -0.348 e. The Morgan fingerprint density at radius 1 is 1.13 bits per heavy atom. The molecule has 1 aliphatic rings. The van der Waals surface area contributed by atoms with Crippen molar-refractivity contribution in [2.75, 3.05) is 12.0 Å². The predicted molar refractivity (Wildman–Crippen MR) is 123 cm³/mol. The number of fused-ring (bicyclic) bond motifs is 1. The number of amides is 1. The number of carbonyl (C=O) groups is 1. The van der Waals surface area contributed by atoms with E-state index in [0.717, 1.165) is 18.4 Å². The number of rotatable bonds is 8. The van der Waals surface area contributed by atoms with Gasteiger partial charge in [-0.2, -0.15) is 16.5 Å². The lowest BCUT2D eigenvalue weighted by molar-refractivity contribution is -0.123. The quantitative estimate of drug-likeness (QED) is 0.642. The molecule has 2 atom stereocenters. The molecule has 0 fully saturated rings. The van der Waals surface area contributed by atoms with Gasteiger partial charge in [0.1, 0.15) is 6.04 Å². The van der Waals surface area contributed by atoms with Gasteiger partial charge >= 0.3 is 0 Å². The van der Waals surface area contributed by atoms with Crippen LogP contribution in [0.3, 0.4) is 0 Å². The summed E-state index contributed by atoms with van der Waals surface area (Å²) in [6.07, 6.45) is 4.16. The molecule has 2 aromatic rings. The van der Waals surface area contributed by atoms with Crippen molar-refractivity contribution in [1.29, 1.82) is 0 Å². The number of carbonyl (C=O) groups excluding carboxylic acids is 1. The van der Waals surface area contributed by atoms with E-state index in [4.69, 9.17) is 0 Å². The smallest absolute Gasteiger partial charge is 0.241 e. The zero-order valence-electron chi connectivity index (χ0n) is 17.7. The van der Waals surface area contributed by atoms with Gasteiger partial charge in [-0.15, -0.1) is 0 Å². The van der Waals surface area contributed by atoms with Crippen molar-refractivity contribution in [1.82, 2.24) is 10.0 Å². The monoisotopic (exact) mass is 446 g/mol. The first kappa shape index (κ1) is 22.8. The third-order valence-corrected chi connectivity index (χ3v) is 7.85. The predicted octanol–water partition coefficient (Wildman–Crippen LogP) is 4.02. The molecule has 0 saturated carbocycles. The fourth-order valence-electron chi connectivity index (χ4n) is 3.97. The van der Waals surface area contributed by atoms with Crippen LogP contribution in [0.2, 0.25) is 0 Å². The van der Waals surface area contributed by atoms with E-state index in [9.17, 15) is 13.2 Å². The number of nitrogens with one attached hydrogen (secondary N) is 2. The standard InChI is InChI=1S/C23H30N2O3S2/c1-23(2)15-13-20(18-11-7-8-12-19(18)23)24-22(26)21(14-16-29-3)25-30(27,28)17-9-5-4-6-10-17/h4-12,20-21,25H,13-16H2,1-3H3,(H,24,26). The van der Waals surface area contributed by atoms with Crippen molar-refractivity contribution in [3.63, 3.8) is 0 Å². The van der Waals surface area contributed by atoms with Crippen molar-refractivity contribution >= 4 is 27.7 Å². The second-order valence-electron chi connectivity index (χ2n) is 8.34. The molecule has 0 heterocycles. The van der Waals surface area contributed by atoms with Gasteiger partial charge in [0.25, 0.3) is 0 Å². The van der Waals surface area contributed by atoms with Gasteiger partial charge in [-0.05, 0) is 59.9 Å². The first-order valence-corrected chi connectivity index (χ1v) is 13.1. The highest BCUT2D eigenvalue weighted by Gasteiger charge is 2.34. The summed E-state index contributed by atoms with van der Waals surface area (Å²) in [4.78, 5) is 13.3. The molecule has 0 aromatic heterocycles. The molecule has 0 bridgehead atoms. The molecule has 2 unspecified atom stereocenters. The molecule has 2 aromatic carbocycles. The Kier molecular flexibility index (Phi) is 7.26. The number of benzene rings is 2. The Hall–Kier alpha value is -1.83. The first-order chi connectivity index (χ1) is 14.2. The van der Waals surface area contributed by atoms with Crippen LogP contribution >= 0.6 is 11.8 Å². The Morgan fingerprint density at radius 2 is 1.80 bits per heavy atom. The van der Waals surface area contributed by atoms with Crippen molar-refractivity contribution in [2.45, 2.75) is 55.5 Å². The Bertz CT molecular complexity index is 975. The van der Waals surface area contributed by atoms with Crippen molar-refractivity contribution < 1.29 is 13.2 Å². The van der Waals surface area contributed by atoms with E-state index in [1.807, 2.05) is 18.4 Å². The van der Waals surface area contributed by atoms with Gasteiger partial charge in [-0.3, -0.25) is 4.79 Å². The van der Waals surface area contributed by atoms with Gasteiger partial charge < -0.3 is 5.32 Å². The second kappa shape index (κ2) is 9.54. The molecule has 1 amide bonds. The summed E-state index contributed by atoms with van der Waals surface area (Å²) in [6.45, 7) is 4.44. The third kappa shape index (κ3) is 5.25. The van der Waals surface area contributed by atoms with Crippen molar-refractivity contribution in [3.05, 3.63) is 65.7 Å². The van der Waals surface area contributed by atoms with E-state index in [0.29, 0.717) is 12.2 Å². The molecule has 1 aliphatic carbocycles. The number of thioether (sulfide) groups is 1. The molecule has 0 spiro atoms. The second-order valence-corrected chi connectivity index (χ2v) is 11.0. The van der Waals surface area contributed by atoms with Crippen LogP contribution < -0.4 is 10.0 Å². The van der Waals surface area contributed by atoms with E-state index in [1.165, 1.54) is 17.7 Å². The molecule has 0 aliphatic heterocycles. The highest BCUT2D eigenvalue weighted by molar-refractivity contribution is 7.98. The summed E-state index contributed by atoms with van der Waals surface area (Å²) in [5.74, 6) is 0.409. The van der Waals surface area contributed by atoms with Gasteiger partial charge in [0.05, 0.1) is 10.9 Å². The van der Waals surface area contributed by atoms with Gasteiger partial charge in [0, 0.05) is 0 Å². The van der Waals surface area contributed by atoms with Crippen LogP contribution in [0.1, 0.15) is 50.3 Å². The van der Waals surface area contributed by atoms with Crippen LogP contribution in [0, 0.1) is 0 Å². The topological polar surface area (TPSA) is 75.3 Å². The maximum absolute atomic E-state index is 13.2.